The van der Waals surface area contributed by atoms with E-state index in [0.717, 1.165) is 37.7 Å². The van der Waals surface area contributed by atoms with Crippen LogP contribution in [-0.2, 0) is 7.05 Å². The minimum Gasteiger partial charge on any atom is -0.619 e. The highest BCUT2D eigenvalue weighted by Gasteiger charge is 2.12. The molecule has 3 nitrogen and oxygen atoms in total. The van der Waals surface area contributed by atoms with E-state index in [9.17, 15) is 5.21 Å². The number of nitrogens with zero attached hydrogens (tertiary/aromatic N) is 2. The van der Waals surface area contributed by atoms with Crippen LogP contribution in [0.4, 0.5) is 0 Å². The number of aryl methyl sites for hydroxylation is 1. The van der Waals surface area contributed by atoms with Crippen molar-refractivity contribution in [3.63, 3.8) is 0 Å². The van der Waals surface area contributed by atoms with Crippen LogP contribution in [0, 0.1) is 5.21 Å². The van der Waals surface area contributed by atoms with Crippen molar-refractivity contribution in [3.05, 3.63) is 70.1 Å². The summed E-state index contributed by atoms with van der Waals surface area (Å²) < 4.78 is 2.84. The van der Waals surface area contributed by atoms with Crippen LogP contribution in [0.25, 0.3) is 32.9 Å². The van der Waals surface area contributed by atoms with Gasteiger partial charge in [0.1, 0.15) is 5.52 Å². The maximum atomic E-state index is 11.5. The third-order valence-electron chi connectivity index (χ3n) is 4.12. The topological polar surface area (TPSA) is 31.9 Å². The molecular weight excluding hydrogens is 331 g/mol. The van der Waals surface area contributed by atoms with Gasteiger partial charge in [0, 0.05) is 39.4 Å². The molecule has 0 radical (unpaired) electrons. The third-order valence-corrected chi connectivity index (χ3v) is 4.56. The van der Waals surface area contributed by atoms with Crippen LogP contribution < -0.4 is 4.73 Å². The molecule has 4 rings (SSSR count). The Kier molecular flexibility index (Phi) is 3.22. The summed E-state index contributed by atoms with van der Waals surface area (Å²) in [7, 11) is 1.96. The van der Waals surface area contributed by atoms with Crippen molar-refractivity contribution in [2.45, 2.75) is 0 Å². The highest BCUT2D eigenvalue weighted by Crippen LogP contribution is 2.33. The summed E-state index contributed by atoms with van der Waals surface area (Å²) in [5.41, 5.74) is 3.98. The van der Waals surface area contributed by atoms with E-state index >= 15 is 0 Å². The zero-order valence-corrected chi connectivity index (χ0v) is 13.8. The van der Waals surface area contributed by atoms with E-state index in [0.29, 0.717) is 10.0 Å². The molecule has 0 saturated heterocycles. The molecule has 2 aromatic heterocycles. The molecule has 5 heteroatoms. The van der Waals surface area contributed by atoms with Crippen molar-refractivity contribution in [2.75, 3.05) is 0 Å². The summed E-state index contributed by atoms with van der Waals surface area (Å²) in [6.45, 7) is 0. The maximum absolute atomic E-state index is 11.5. The molecule has 0 aliphatic rings. The van der Waals surface area contributed by atoms with E-state index in [-0.39, 0.29) is 0 Å². The molecule has 0 bridgehead atoms. The van der Waals surface area contributed by atoms with E-state index in [4.69, 9.17) is 23.2 Å². The first-order valence-electron chi connectivity index (χ1n) is 7.10. The van der Waals surface area contributed by atoms with Crippen LogP contribution in [0.2, 0.25) is 10.0 Å². The summed E-state index contributed by atoms with van der Waals surface area (Å²) in [6, 6.07) is 13.5. The predicted octanol–water partition coefficient (Wildman–Crippen LogP) is 4.94. The summed E-state index contributed by atoms with van der Waals surface area (Å²) >= 11 is 12.2. The van der Waals surface area contributed by atoms with Gasteiger partial charge in [0.2, 0.25) is 6.20 Å². The molecule has 23 heavy (non-hydrogen) atoms. The lowest BCUT2D eigenvalue weighted by molar-refractivity contribution is -0.604. The predicted molar refractivity (Wildman–Crippen MR) is 94.8 cm³/mol. The molecule has 0 aliphatic carbocycles. The van der Waals surface area contributed by atoms with E-state index in [2.05, 4.69) is 12.1 Å². The second kappa shape index (κ2) is 5.15. The van der Waals surface area contributed by atoms with Crippen molar-refractivity contribution in [3.8, 4) is 11.1 Å². The lowest BCUT2D eigenvalue weighted by atomic mass is 10.0. The first-order valence-corrected chi connectivity index (χ1v) is 7.86. The number of benzene rings is 2. The Hall–Kier alpha value is -2.23. The van der Waals surface area contributed by atoms with Crippen molar-refractivity contribution in [2.24, 2.45) is 7.05 Å². The molecule has 4 aromatic rings. The Morgan fingerprint density at radius 1 is 0.870 bits per heavy atom. The van der Waals surface area contributed by atoms with Gasteiger partial charge in [-0.15, -0.1) is 0 Å². The Morgan fingerprint density at radius 2 is 1.61 bits per heavy atom. The van der Waals surface area contributed by atoms with E-state index in [1.807, 2.05) is 35.9 Å². The number of hydrogen-bond acceptors (Lipinski definition) is 1. The largest absolute Gasteiger partial charge is 0.619 e. The highest BCUT2D eigenvalue weighted by molar-refractivity contribution is 6.35. The zero-order valence-electron chi connectivity index (χ0n) is 12.3. The average Bonchev–Trinajstić information content (AvgIpc) is 2.78. The molecule has 0 amide bonds. The van der Waals surface area contributed by atoms with Gasteiger partial charge in [-0.1, -0.05) is 29.3 Å². The first-order chi connectivity index (χ1) is 11.0. The molecule has 2 heterocycles. The summed E-state index contributed by atoms with van der Waals surface area (Å²) in [5, 5.41) is 14.9. The monoisotopic (exact) mass is 342 g/mol. The van der Waals surface area contributed by atoms with Crippen LogP contribution in [0.15, 0.2) is 54.9 Å². The van der Waals surface area contributed by atoms with Crippen molar-refractivity contribution < 1.29 is 4.73 Å². The van der Waals surface area contributed by atoms with Gasteiger partial charge in [-0.25, -0.2) is 0 Å². The number of rotatable bonds is 1. The Labute approximate surface area is 142 Å². The quantitative estimate of drug-likeness (QED) is 0.356. The summed E-state index contributed by atoms with van der Waals surface area (Å²) in [6.07, 6.45) is 3.11. The molecule has 0 unspecified atom stereocenters. The van der Waals surface area contributed by atoms with E-state index < -0.39 is 0 Å². The number of halogens is 2. The fourth-order valence-corrected chi connectivity index (χ4v) is 3.56. The molecule has 0 saturated carbocycles. The van der Waals surface area contributed by atoms with Crippen LogP contribution >= 0.6 is 23.2 Å². The van der Waals surface area contributed by atoms with Crippen LogP contribution in [0.1, 0.15) is 0 Å². The SMILES string of the molecule is Cn1c2ccc(-c3cc(Cl)cc(Cl)c3)cc2c2cc[n+]([O-])cc21. The molecule has 0 aliphatic heterocycles. The number of pyridine rings is 1. The van der Waals surface area contributed by atoms with Crippen LogP contribution in [0.5, 0.6) is 0 Å². The van der Waals surface area contributed by atoms with Gasteiger partial charge >= 0.3 is 0 Å². The highest BCUT2D eigenvalue weighted by atomic mass is 35.5. The van der Waals surface area contributed by atoms with E-state index in [1.54, 1.807) is 12.3 Å². The third kappa shape index (κ3) is 2.33. The van der Waals surface area contributed by atoms with Gasteiger partial charge in [-0.3, -0.25) is 0 Å². The second-order valence-corrected chi connectivity index (χ2v) is 6.43. The van der Waals surface area contributed by atoms with Gasteiger partial charge < -0.3 is 9.77 Å². The fraction of sp³-hybridized carbons (Fsp3) is 0.0556. The maximum Gasteiger partial charge on any atom is 0.204 e. The van der Waals surface area contributed by atoms with E-state index in [1.165, 1.54) is 6.20 Å². The Morgan fingerprint density at radius 3 is 2.35 bits per heavy atom. The van der Waals surface area contributed by atoms with Gasteiger partial charge in [-0.2, -0.15) is 4.73 Å². The smallest absolute Gasteiger partial charge is 0.204 e. The molecule has 0 atom stereocenters. The molecular formula is C18H12Cl2N2O. The van der Waals surface area contributed by atoms with Crippen LogP contribution in [-0.4, -0.2) is 4.57 Å². The molecule has 0 fully saturated rings. The van der Waals surface area contributed by atoms with Crippen molar-refractivity contribution >= 4 is 45.0 Å². The second-order valence-electron chi connectivity index (χ2n) is 5.55. The minimum atomic E-state index is 0.609. The van der Waals surface area contributed by atoms with Crippen molar-refractivity contribution in [1.29, 1.82) is 0 Å². The first kappa shape index (κ1) is 14.4. The van der Waals surface area contributed by atoms with Gasteiger partial charge in [0.25, 0.3) is 0 Å². The number of fused-ring (bicyclic) bond motifs is 3. The molecule has 0 N–H and O–H groups in total. The van der Waals surface area contributed by atoms with Crippen LogP contribution in [0.3, 0.4) is 0 Å². The Bertz CT molecular complexity index is 1050. The minimum absolute atomic E-state index is 0.609. The summed E-state index contributed by atoms with van der Waals surface area (Å²) in [4.78, 5) is 0. The van der Waals surface area contributed by atoms with Gasteiger partial charge in [0.05, 0.1) is 0 Å². The number of hydrogen-bond donors (Lipinski definition) is 0. The molecule has 0 spiro atoms. The molecule has 2 aromatic carbocycles. The van der Waals surface area contributed by atoms with Gasteiger partial charge in [-0.05, 0) is 41.5 Å². The zero-order chi connectivity index (χ0) is 16.1. The van der Waals surface area contributed by atoms with Crippen molar-refractivity contribution in [1.82, 2.24) is 4.57 Å². The molecule has 114 valence electrons. The fourth-order valence-electron chi connectivity index (χ4n) is 3.04. The summed E-state index contributed by atoms with van der Waals surface area (Å²) in [5.74, 6) is 0. The standard InChI is InChI=1S/C18H12Cl2N2O/c1-21-17-3-2-11(12-6-13(19)9-14(20)7-12)8-16(17)15-4-5-22(23)10-18(15)21/h2-10H,1H3. The average molecular weight is 343 g/mol. The lowest BCUT2D eigenvalue weighted by Crippen LogP contribution is -2.23. The number of aromatic nitrogens is 2. The van der Waals surface area contributed by atoms with Gasteiger partial charge in [0.15, 0.2) is 6.20 Å². The Balaban J connectivity index is 2.02. The normalized spacial score (nSPS) is 11.4. The lowest BCUT2D eigenvalue weighted by Gasteiger charge is -2.05.